The van der Waals surface area contributed by atoms with Crippen LogP contribution in [-0.2, 0) is 19.5 Å². The number of hydrogen-bond acceptors (Lipinski definition) is 10. The number of fused-ring (bicyclic) bond motifs is 1. The van der Waals surface area contributed by atoms with E-state index in [-0.39, 0.29) is 16.7 Å². The second-order valence-corrected chi connectivity index (χ2v) is 15.3. The summed E-state index contributed by atoms with van der Waals surface area (Å²) in [6.45, 7) is 10.2. The molecule has 0 unspecified atom stereocenters. The second-order valence-electron chi connectivity index (χ2n) is 13.7. The monoisotopic (exact) mass is 740 g/mol. The van der Waals surface area contributed by atoms with Crippen LogP contribution in [0, 0.1) is 0 Å². The summed E-state index contributed by atoms with van der Waals surface area (Å²) in [7, 11) is -3.70. The number of amides is 2. The lowest BCUT2D eigenvalue weighted by molar-refractivity contribution is 0.0301. The van der Waals surface area contributed by atoms with E-state index in [0.717, 1.165) is 11.2 Å². The number of carbonyl (C=O) groups is 2. The molecule has 53 heavy (non-hydrogen) atoms. The first-order valence-corrected chi connectivity index (χ1v) is 18.8. The van der Waals surface area contributed by atoms with Gasteiger partial charge in [-0.3, -0.25) is 9.59 Å². The van der Waals surface area contributed by atoms with Crippen molar-refractivity contribution >= 4 is 44.7 Å². The lowest BCUT2D eigenvalue weighted by Gasteiger charge is -2.27. The molecule has 2 saturated heterocycles. The van der Waals surface area contributed by atoms with E-state index in [2.05, 4.69) is 20.1 Å². The van der Waals surface area contributed by atoms with Crippen LogP contribution >= 0.6 is 0 Å². The maximum Gasteiger partial charge on any atom is 0.254 e. The molecule has 2 aliphatic rings. The highest BCUT2D eigenvalue weighted by Gasteiger charge is 2.23. The molecular formula is C38H44N8O6S. The largest absolute Gasteiger partial charge is 0.399 e. The lowest BCUT2D eigenvalue weighted by atomic mass is 10.1. The Morgan fingerprint density at radius 1 is 0.774 bits per heavy atom. The molecule has 0 bridgehead atoms. The van der Waals surface area contributed by atoms with E-state index in [1.807, 2.05) is 30.3 Å². The van der Waals surface area contributed by atoms with Gasteiger partial charge in [-0.25, -0.2) is 22.6 Å². The number of sulfonamides is 1. The summed E-state index contributed by atoms with van der Waals surface area (Å²) < 4.78 is 40.7. The molecule has 0 saturated carbocycles. The zero-order chi connectivity index (χ0) is 37.6. The Hall–Kier alpha value is -5.35. The van der Waals surface area contributed by atoms with Crippen LogP contribution in [0.15, 0.2) is 96.0 Å². The van der Waals surface area contributed by atoms with Gasteiger partial charge in [0, 0.05) is 59.8 Å². The van der Waals surface area contributed by atoms with Gasteiger partial charge in [-0.1, -0.05) is 24.3 Å². The molecule has 278 valence electrons. The molecule has 0 atom stereocenters. The summed E-state index contributed by atoms with van der Waals surface area (Å²) in [5, 5.41) is 7.82. The minimum atomic E-state index is -3.70. The van der Waals surface area contributed by atoms with Crippen molar-refractivity contribution in [3.63, 3.8) is 0 Å². The molecule has 2 fully saturated rings. The fourth-order valence-electron chi connectivity index (χ4n) is 5.89. The number of aromatic nitrogens is 3. The molecule has 2 aliphatic heterocycles. The van der Waals surface area contributed by atoms with Crippen molar-refractivity contribution < 1.29 is 27.5 Å². The highest BCUT2D eigenvalue weighted by atomic mass is 32.2. The number of ether oxygens (including phenoxy) is 2. The van der Waals surface area contributed by atoms with Crippen LogP contribution in [0.5, 0.6) is 0 Å². The number of morpholine rings is 2. The topological polar surface area (TPSA) is 173 Å². The van der Waals surface area contributed by atoms with Gasteiger partial charge in [-0.15, -0.1) is 5.10 Å². The van der Waals surface area contributed by atoms with E-state index in [1.165, 1.54) is 0 Å². The Bertz CT molecular complexity index is 2190. The molecular weight excluding hydrogens is 697 g/mol. The van der Waals surface area contributed by atoms with Gasteiger partial charge in [0.2, 0.25) is 16.0 Å². The third-order valence-corrected chi connectivity index (χ3v) is 10.1. The lowest BCUT2D eigenvalue weighted by Crippen LogP contribution is -2.40. The smallest absolute Gasteiger partial charge is 0.254 e. The van der Waals surface area contributed by atoms with Crippen molar-refractivity contribution in [2.45, 2.75) is 31.2 Å². The standard InChI is InChI=1S/C27H30N6O4S.C11H14N2O2/c1-27(2,3)31-38(35,36)23-9-5-6-19(17-23)24-11-10-22-18-28-26(30-33(22)24)29-21-8-4-7-20(16-21)25(34)32-12-14-37-15-13-32;12-10-3-1-2-9(8-10)11(14)13-4-6-15-7-5-13/h4-11,16-18,31H,12-15H2,1-3H3,(H,29,30);1-3,8H,4-7,12H2. The second kappa shape index (κ2) is 16.1. The van der Waals surface area contributed by atoms with E-state index >= 15 is 0 Å². The number of hydrogen-bond donors (Lipinski definition) is 3. The maximum atomic E-state index is 12.9. The molecule has 0 spiro atoms. The number of nitrogens with zero attached hydrogens (tertiary/aromatic N) is 5. The predicted octanol–water partition coefficient (Wildman–Crippen LogP) is 4.43. The molecule has 7 rings (SSSR count). The fraction of sp³-hybridized carbons (Fsp3) is 0.316. The minimum absolute atomic E-state index is 0.0330. The normalized spacial score (nSPS) is 15.1. The van der Waals surface area contributed by atoms with Gasteiger partial charge in [0.1, 0.15) is 0 Å². The number of nitrogen functional groups attached to an aromatic ring is 1. The molecule has 0 aliphatic carbocycles. The first-order valence-electron chi connectivity index (χ1n) is 17.3. The summed E-state index contributed by atoms with van der Waals surface area (Å²) in [4.78, 5) is 33.0. The number of nitrogens with one attached hydrogen (secondary N) is 2. The molecule has 4 heterocycles. The molecule has 4 N–H and O–H groups in total. The predicted molar refractivity (Wildman–Crippen MR) is 203 cm³/mol. The highest BCUT2D eigenvalue weighted by Crippen LogP contribution is 2.26. The van der Waals surface area contributed by atoms with Crippen LogP contribution in [-0.4, -0.2) is 103 Å². The van der Waals surface area contributed by atoms with Gasteiger partial charge in [0.15, 0.2) is 0 Å². The van der Waals surface area contributed by atoms with Gasteiger partial charge in [0.25, 0.3) is 11.8 Å². The third kappa shape index (κ3) is 9.56. The number of benzene rings is 3. The van der Waals surface area contributed by atoms with Gasteiger partial charge in [-0.05, 0) is 81.4 Å². The van der Waals surface area contributed by atoms with E-state index < -0.39 is 15.6 Å². The third-order valence-electron chi connectivity index (χ3n) is 8.38. The van der Waals surface area contributed by atoms with Crippen molar-refractivity contribution in [2.24, 2.45) is 0 Å². The van der Waals surface area contributed by atoms with Crippen molar-refractivity contribution in [3.8, 4) is 11.3 Å². The summed E-state index contributed by atoms with van der Waals surface area (Å²) in [6.07, 6.45) is 1.68. The van der Waals surface area contributed by atoms with Crippen LogP contribution in [0.1, 0.15) is 41.5 Å². The van der Waals surface area contributed by atoms with Gasteiger partial charge in [-0.2, -0.15) is 0 Å². The van der Waals surface area contributed by atoms with E-state index in [0.29, 0.717) is 86.6 Å². The SMILES string of the molecule is CC(C)(C)NS(=O)(=O)c1cccc(-c2ccc3cnc(Nc4cccc(C(=O)N5CCOCC5)c4)nn23)c1.Nc1cccc(C(=O)N2CCOCC2)c1. The van der Waals surface area contributed by atoms with Crippen molar-refractivity contribution in [1.29, 1.82) is 0 Å². The minimum Gasteiger partial charge on any atom is -0.399 e. The molecule has 5 aromatic rings. The Kier molecular flexibility index (Phi) is 11.4. The van der Waals surface area contributed by atoms with Gasteiger partial charge < -0.3 is 30.3 Å². The van der Waals surface area contributed by atoms with Crippen molar-refractivity contribution in [3.05, 3.63) is 102 Å². The van der Waals surface area contributed by atoms with Crippen LogP contribution in [0.2, 0.25) is 0 Å². The Morgan fingerprint density at radius 3 is 2.00 bits per heavy atom. The van der Waals surface area contributed by atoms with Crippen LogP contribution < -0.4 is 15.8 Å². The Morgan fingerprint density at radius 2 is 1.38 bits per heavy atom. The number of nitrogens with two attached hydrogens (primary N) is 1. The van der Waals surface area contributed by atoms with E-state index in [1.54, 1.807) is 95.9 Å². The molecule has 3 aromatic carbocycles. The number of carbonyl (C=O) groups excluding carboxylic acids is 2. The number of rotatable bonds is 7. The zero-order valence-electron chi connectivity index (χ0n) is 30.0. The summed E-state index contributed by atoms with van der Waals surface area (Å²) >= 11 is 0. The summed E-state index contributed by atoms with van der Waals surface area (Å²) in [5.74, 6) is 0.325. The van der Waals surface area contributed by atoms with Crippen LogP contribution in [0.3, 0.4) is 0 Å². The van der Waals surface area contributed by atoms with Crippen molar-refractivity contribution in [1.82, 2.24) is 29.1 Å². The highest BCUT2D eigenvalue weighted by molar-refractivity contribution is 7.89. The first-order chi connectivity index (χ1) is 25.4. The van der Waals surface area contributed by atoms with Crippen LogP contribution in [0.25, 0.3) is 16.8 Å². The van der Waals surface area contributed by atoms with Gasteiger partial charge in [0.05, 0.1) is 48.7 Å². The number of anilines is 3. The van der Waals surface area contributed by atoms with Crippen LogP contribution in [0.4, 0.5) is 17.3 Å². The Balaban J connectivity index is 0.000000267. The average molecular weight is 741 g/mol. The van der Waals surface area contributed by atoms with E-state index in [4.69, 9.17) is 15.2 Å². The van der Waals surface area contributed by atoms with Gasteiger partial charge >= 0.3 is 0 Å². The zero-order valence-corrected chi connectivity index (χ0v) is 30.8. The summed E-state index contributed by atoms with van der Waals surface area (Å²) in [5.41, 5.74) is 9.72. The fourth-order valence-corrected chi connectivity index (χ4v) is 7.35. The quantitative estimate of drug-likeness (QED) is 0.203. The van der Waals surface area contributed by atoms with E-state index in [9.17, 15) is 18.0 Å². The van der Waals surface area contributed by atoms with Crippen molar-refractivity contribution in [2.75, 3.05) is 63.7 Å². The molecule has 0 radical (unpaired) electrons. The summed E-state index contributed by atoms with van der Waals surface area (Å²) in [6, 6.07) is 24.8. The Labute approximate surface area is 309 Å². The molecule has 2 amide bonds. The maximum absolute atomic E-state index is 12.9. The average Bonchev–Trinajstić information content (AvgIpc) is 3.58. The molecule has 15 heteroatoms. The molecule has 2 aromatic heterocycles. The molecule has 14 nitrogen and oxygen atoms in total. The first kappa shape index (κ1) is 37.4.